The highest BCUT2D eigenvalue weighted by molar-refractivity contribution is 7.17. The number of carbonyl (C=O) groups is 1. The maximum atomic E-state index is 15.7. The first kappa shape index (κ1) is 20.1. The van der Waals surface area contributed by atoms with E-state index in [0.717, 1.165) is 10.4 Å². The zero-order valence-corrected chi connectivity index (χ0v) is 18.4. The number of hydrogen-bond donors (Lipinski definition) is 3. The molecule has 0 saturated heterocycles. The minimum Gasteiger partial charge on any atom is -0.397 e. The number of aromatic amines is 2. The van der Waals surface area contributed by atoms with Gasteiger partial charge in [-0.3, -0.25) is 14.9 Å². The lowest BCUT2D eigenvalue weighted by atomic mass is 10.1. The van der Waals surface area contributed by atoms with Crippen LogP contribution in [-0.2, 0) is 0 Å². The van der Waals surface area contributed by atoms with E-state index >= 15 is 4.39 Å². The number of carbonyl (C=O) groups excluding carboxylic acids is 1. The van der Waals surface area contributed by atoms with Crippen LogP contribution in [0, 0.1) is 5.82 Å². The molecule has 4 N–H and O–H groups in total. The van der Waals surface area contributed by atoms with Gasteiger partial charge >= 0.3 is 0 Å². The summed E-state index contributed by atoms with van der Waals surface area (Å²) in [6.45, 7) is 1.53. The Balaban J connectivity index is 1.52. The van der Waals surface area contributed by atoms with Crippen molar-refractivity contribution in [2.24, 2.45) is 0 Å². The molecule has 0 unspecified atom stereocenters. The maximum Gasteiger partial charge on any atom is 0.184 e. The predicted molar refractivity (Wildman–Crippen MR) is 128 cm³/mol. The molecule has 6 aromatic rings. The van der Waals surface area contributed by atoms with Gasteiger partial charge in [-0.05, 0) is 31.2 Å². The largest absolute Gasteiger partial charge is 0.397 e. The number of halogens is 1. The van der Waals surface area contributed by atoms with E-state index < -0.39 is 5.82 Å². The number of Topliss-reactive ketones (excluding diaryl/α,β-unsaturated/α-hetero) is 1. The Morgan fingerprint density at radius 3 is 2.76 bits per heavy atom. The van der Waals surface area contributed by atoms with Gasteiger partial charge < -0.3 is 10.7 Å². The molecule has 0 radical (unpaired) electrons. The van der Waals surface area contributed by atoms with Crippen LogP contribution in [0.3, 0.4) is 0 Å². The van der Waals surface area contributed by atoms with Gasteiger partial charge in [-0.25, -0.2) is 19.3 Å². The minimum atomic E-state index is -0.515. The second-order valence-corrected chi connectivity index (χ2v) is 8.74. The average Bonchev–Trinajstić information content (AvgIpc) is 3.56. The lowest BCUT2D eigenvalue weighted by Crippen LogP contribution is -1.93. The predicted octanol–water partition coefficient (Wildman–Crippen LogP) is 4.61. The van der Waals surface area contributed by atoms with E-state index in [2.05, 4.69) is 35.1 Å². The van der Waals surface area contributed by atoms with Gasteiger partial charge in [0.25, 0.3) is 0 Å². The molecular formula is C23H15FN8OS. The SMILES string of the molecule is CC(=O)c1ccc(-c2ccnc3nc(-c4[nH]nc5ncc(-c6cncc(N)c6)c(F)c45)[nH]c23)s1. The minimum absolute atomic E-state index is 0.00457. The number of ketones is 1. The summed E-state index contributed by atoms with van der Waals surface area (Å²) in [6.07, 6.45) is 6.06. The zero-order chi connectivity index (χ0) is 23.4. The number of nitrogen functional groups attached to an aromatic ring is 1. The molecule has 6 heterocycles. The number of pyridine rings is 3. The zero-order valence-electron chi connectivity index (χ0n) is 17.6. The lowest BCUT2D eigenvalue weighted by Gasteiger charge is -2.05. The number of aromatic nitrogens is 7. The Labute approximate surface area is 194 Å². The fourth-order valence-electron chi connectivity index (χ4n) is 3.84. The third-order valence-electron chi connectivity index (χ3n) is 5.44. The summed E-state index contributed by atoms with van der Waals surface area (Å²) in [5, 5.41) is 7.18. The topological polar surface area (TPSA) is 139 Å². The molecule has 6 rings (SSSR count). The molecule has 0 aliphatic rings. The van der Waals surface area contributed by atoms with Gasteiger partial charge in [-0.1, -0.05) is 0 Å². The van der Waals surface area contributed by atoms with Crippen LogP contribution in [0.4, 0.5) is 10.1 Å². The fourth-order valence-corrected chi connectivity index (χ4v) is 4.77. The molecule has 34 heavy (non-hydrogen) atoms. The molecule has 0 aliphatic heterocycles. The van der Waals surface area contributed by atoms with E-state index in [9.17, 15) is 4.79 Å². The van der Waals surface area contributed by atoms with Crippen molar-refractivity contribution in [2.75, 3.05) is 5.73 Å². The van der Waals surface area contributed by atoms with Gasteiger partial charge in [0.2, 0.25) is 0 Å². The highest BCUT2D eigenvalue weighted by Gasteiger charge is 2.21. The molecule has 0 spiro atoms. The number of nitrogens with two attached hydrogens (primary N) is 1. The summed E-state index contributed by atoms with van der Waals surface area (Å²) >= 11 is 1.39. The Hall–Kier alpha value is -4.51. The number of nitrogens with zero attached hydrogens (tertiary/aromatic N) is 5. The third-order valence-corrected chi connectivity index (χ3v) is 6.66. The van der Waals surface area contributed by atoms with Crippen molar-refractivity contribution in [3.8, 4) is 33.1 Å². The Kier molecular flexibility index (Phi) is 4.45. The van der Waals surface area contributed by atoms with Crippen molar-refractivity contribution in [2.45, 2.75) is 6.92 Å². The Morgan fingerprint density at radius 1 is 1.09 bits per heavy atom. The van der Waals surface area contributed by atoms with Crippen molar-refractivity contribution >= 4 is 45.0 Å². The molecule has 0 atom stereocenters. The molecule has 0 saturated carbocycles. The van der Waals surface area contributed by atoms with Gasteiger partial charge in [0.05, 0.1) is 21.5 Å². The molecule has 166 valence electrons. The van der Waals surface area contributed by atoms with Crippen molar-refractivity contribution in [3.05, 3.63) is 59.7 Å². The molecule has 0 amide bonds. The van der Waals surface area contributed by atoms with E-state index in [4.69, 9.17) is 5.73 Å². The van der Waals surface area contributed by atoms with Crippen LogP contribution in [0.1, 0.15) is 16.6 Å². The number of thiophene rings is 1. The molecule has 0 fully saturated rings. The van der Waals surface area contributed by atoms with Crippen molar-refractivity contribution < 1.29 is 9.18 Å². The number of H-pyrrole nitrogens is 2. The number of imidazole rings is 1. The van der Waals surface area contributed by atoms with Gasteiger partial charge in [-0.15, -0.1) is 11.3 Å². The van der Waals surface area contributed by atoms with E-state index in [-0.39, 0.29) is 22.4 Å². The first-order valence-electron chi connectivity index (χ1n) is 10.2. The quantitative estimate of drug-likeness (QED) is 0.320. The molecule has 9 nitrogen and oxygen atoms in total. The summed E-state index contributed by atoms with van der Waals surface area (Å²) in [4.78, 5) is 33.8. The molecule has 0 aromatic carbocycles. The van der Waals surface area contributed by atoms with Crippen LogP contribution in [-0.4, -0.2) is 40.9 Å². The van der Waals surface area contributed by atoms with Crippen LogP contribution in [0.25, 0.3) is 55.3 Å². The highest BCUT2D eigenvalue weighted by Crippen LogP contribution is 2.36. The number of anilines is 1. The molecule has 0 aliphatic carbocycles. The van der Waals surface area contributed by atoms with Gasteiger partial charge in [0.15, 0.2) is 22.9 Å². The number of rotatable bonds is 4. The lowest BCUT2D eigenvalue weighted by molar-refractivity contribution is 0.102. The second-order valence-electron chi connectivity index (χ2n) is 7.65. The van der Waals surface area contributed by atoms with Crippen LogP contribution in [0.15, 0.2) is 49.1 Å². The van der Waals surface area contributed by atoms with E-state index in [1.54, 1.807) is 18.3 Å². The Bertz CT molecular complexity index is 1730. The molecule has 0 bridgehead atoms. The number of hydrogen-bond acceptors (Lipinski definition) is 8. The molecule has 6 aromatic heterocycles. The van der Waals surface area contributed by atoms with Crippen LogP contribution in [0.2, 0.25) is 0 Å². The summed E-state index contributed by atoms with van der Waals surface area (Å²) in [5.41, 5.74) is 9.52. The van der Waals surface area contributed by atoms with Crippen LogP contribution < -0.4 is 5.73 Å². The van der Waals surface area contributed by atoms with Gasteiger partial charge in [0, 0.05) is 46.4 Å². The van der Waals surface area contributed by atoms with E-state index in [1.165, 1.54) is 36.9 Å². The van der Waals surface area contributed by atoms with Crippen LogP contribution in [0.5, 0.6) is 0 Å². The highest BCUT2D eigenvalue weighted by atomic mass is 32.1. The van der Waals surface area contributed by atoms with Gasteiger partial charge in [0.1, 0.15) is 11.5 Å². The summed E-state index contributed by atoms with van der Waals surface area (Å²) in [5.74, 6) is -0.145. The summed E-state index contributed by atoms with van der Waals surface area (Å²) in [6, 6.07) is 7.16. The standard InChI is InChI=1S/C23H15FN8OS/c1-10(33)15-2-3-16(34-15)13-4-5-27-22-19(13)29-23(30-22)20-17-18(24)14(9-28-21(17)32-31-20)11-6-12(25)8-26-7-11/h2-9H,25H2,1H3,(H,27,29,30)(H,28,31,32). The second kappa shape index (κ2) is 7.52. The summed E-state index contributed by atoms with van der Waals surface area (Å²) < 4.78 is 15.7. The molecular weight excluding hydrogens is 455 g/mol. The van der Waals surface area contributed by atoms with E-state index in [1.807, 2.05) is 12.1 Å². The number of nitrogens with one attached hydrogen (secondary N) is 2. The van der Waals surface area contributed by atoms with Crippen LogP contribution >= 0.6 is 11.3 Å². The van der Waals surface area contributed by atoms with Crippen molar-refractivity contribution in [1.82, 2.24) is 35.1 Å². The average molecular weight is 470 g/mol. The van der Waals surface area contributed by atoms with E-state index in [0.29, 0.717) is 38.8 Å². The monoisotopic (exact) mass is 470 g/mol. The van der Waals surface area contributed by atoms with Gasteiger partial charge in [-0.2, -0.15) is 5.10 Å². The summed E-state index contributed by atoms with van der Waals surface area (Å²) in [7, 11) is 0. The smallest absolute Gasteiger partial charge is 0.184 e. The van der Waals surface area contributed by atoms with Crippen molar-refractivity contribution in [1.29, 1.82) is 0 Å². The van der Waals surface area contributed by atoms with Crippen molar-refractivity contribution in [3.63, 3.8) is 0 Å². The number of fused-ring (bicyclic) bond motifs is 2. The molecule has 11 heteroatoms. The third kappa shape index (κ3) is 3.13. The fraction of sp³-hybridized carbons (Fsp3) is 0.0435. The Morgan fingerprint density at radius 2 is 1.97 bits per heavy atom. The normalized spacial score (nSPS) is 11.5. The first-order chi connectivity index (χ1) is 16.5. The maximum absolute atomic E-state index is 15.7. The first-order valence-corrected chi connectivity index (χ1v) is 11.0.